The van der Waals surface area contributed by atoms with E-state index in [0.717, 1.165) is 91.7 Å². The number of amides is 8. The second kappa shape index (κ2) is 35.9. The topological polar surface area (TPSA) is 266 Å². The van der Waals surface area contributed by atoms with Gasteiger partial charge < -0.3 is 73.2 Å². The third-order valence-electron chi connectivity index (χ3n) is 21.0. The van der Waals surface area contributed by atoms with Crippen molar-refractivity contribution < 1.29 is 86.6 Å². The van der Waals surface area contributed by atoms with E-state index in [4.69, 9.17) is 38.9 Å². The largest absolute Gasteiger partial charge is 0.497 e. The quantitative estimate of drug-likeness (QED) is 0.0693. The number of rotatable bonds is 11. The van der Waals surface area contributed by atoms with Gasteiger partial charge in [0.05, 0.1) is 82.4 Å². The Morgan fingerprint density at radius 3 is 1.05 bits per heavy atom. The Balaban J connectivity index is 0.000000138. The number of halogens is 8. The van der Waals surface area contributed by atoms with Gasteiger partial charge in [-0.05, 0) is 157 Å². The number of urea groups is 4. The van der Waals surface area contributed by atoms with Crippen molar-refractivity contribution in [3.8, 4) is 62.5 Å². The Morgan fingerprint density at radius 1 is 0.383 bits per heavy atom. The summed E-state index contributed by atoms with van der Waals surface area (Å²) in [6.07, 6.45) is 2.05. The van der Waals surface area contributed by atoms with Crippen LogP contribution in [0.2, 0.25) is 0 Å². The number of fused-ring (bicyclic) bond motifs is 4. The average Bonchev–Trinajstić information content (AvgIpc) is 1.56. The molecule has 4 aliphatic rings. The first-order chi connectivity index (χ1) is 57.5. The van der Waals surface area contributed by atoms with Crippen molar-refractivity contribution in [1.29, 1.82) is 0 Å². The highest BCUT2D eigenvalue weighted by Gasteiger charge is 2.38. The van der Waals surface area contributed by atoms with Gasteiger partial charge in [0.1, 0.15) is 17.2 Å². The fourth-order valence-electron chi connectivity index (χ4n) is 14.5. The number of nitrogens with zero attached hydrogens (tertiary/aromatic N) is 9. The Labute approximate surface area is 683 Å². The van der Waals surface area contributed by atoms with E-state index in [9.17, 15) is 54.3 Å². The lowest BCUT2D eigenvalue weighted by atomic mass is 9.97. The van der Waals surface area contributed by atoms with E-state index >= 15 is 0 Å². The maximum absolute atomic E-state index is 13.7. The molecule has 8 heterocycles. The molecule has 0 bridgehead atoms. The highest BCUT2D eigenvalue weighted by molar-refractivity contribution is 5.93. The van der Waals surface area contributed by atoms with Crippen LogP contribution < -0.4 is 35.5 Å². The van der Waals surface area contributed by atoms with Crippen molar-refractivity contribution >= 4 is 52.6 Å². The molecule has 0 spiro atoms. The highest BCUT2D eigenvalue weighted by Crippen LogP contribution is 2.41. The van der Waals surface area contributed by atoms with Crippen molar-refractivity contribution in [2.75, 3.05) is 42.6 Å². The van der Waals surface area contributed by atoms with Crippen molar-refractivity contribution in [2.24, 2.45) is 0 Å². The van der Waals surface area contributed by atoms with E-state index in [2.05, 4.69) is 46.7 Å². The summed E-state index contributed by atoms with van der Waals surface area (Å²) in [6, 6.07) is 36.4. The Bertz CT molecular complexity index is 5830. The number of hydrogen-bond donors (Lipinski definition) is 4. The summed E-state index contributed by atoms with van der Waals surface area (Å²) in [6.45, 7) is 21.6. The zero-order valence-electron chi connectivity index (χ0n) is 66.9. The van der Waals surface area contributed by atoms with Crippen molar-refractivity contribution in [3.05, 3.63) is 271 Å². The smallest absolute Gasteiger partial charge is 0.322 e. The second-order valence-corrected chi connectivity index (χ2v) is 29.4. The lowest BCUT2D eigenvalue weighted by Gasteiger charge is -2.32. The van der Waals surface area contributed by atoms with Gasteiger partial charge in [-0.1, -0.05) is 63.1 Å². The number of aromatic nitrogens is 4. The first kappa shape index (κ1) is 83.9. The summed E-state index contributed by atoms with van der Waals surface area (Å²) in [5.74, 6) is -3.41. The molecule has 24 nitrogen and oxygen atoms in total. The molecule has 0 unspecified atom stereocenters. The van der Waals surface area contributed by atoms with E-state index in [0.29, 0.717) is 71.5 Å². The number of anilines is 4. The molecule has 16 rings (SSSR count). The SMILES string of the molecule is COc1ccc(-c2onc3c2CN(C(=O)Nc2cc(C)c(F)c(F)c2)[C@@H](C)C3)cc1.COc1cccc(-c2onc3c2CN(C(=O)Nc2cc(C)c(F)c(F)c2)[C@@H](C)C3)c1.COc1ccccc1-c1onc2c1CN(C(=O)Nc1cc(C)c(F)c(F)c1)[C@@H](C)C2.[C-]#[N+]c1cccc(-c2onc3c2CN(C(=O)Nc2cc(C)c(F)c(F)c2)[C@@H](C)C3)c1. The summed E-state index contributed by atoms with van der Waals surface area (Å²) in [7, 11) is 4.76. The molecule has 0 saturated carbocycles. The molecule has 0 saturated heterocycles. The fourth-order valence-corrected chi connectivity index (χ4v) is 14.5. The Hall–Kier alpha value is -14.0. The number of carbonyl (C=O) groups excluding carboxylic acids is 4. The minimum absolute atomic E-state index is 0.111. The Morgan fingerprint density at radius 2 is 0.708 bits per heavy atom. The standard InChI is InChI=1S/C22H18F2N4O2.3C22H21F2N3O3/c1-12-7-16(10-18(23)20(12)24)26-22(29)28-11-17-19(8-13(28)2)27-30-21(17)14-5-4-6-15(9-14)25-3;1-12-8-15(10-18(23)20(12)24)25-22(28)27-11-17-19(9-13(27)2)26-30-21(17)14-4-6-16(29-3)7-5-14;1-12-7-15(10-18(23)20(12)24)25-22(28)27-11-17-19(8-13(27)2)26-30-21(17)14-5-4-6-16(9-14)29-3;1-12-8-14(10-17(23)20(12)24)25-22(28)27-11-16-18(9-13(27)2)26-30-21(16)15-6-4-5-7-19(15)29-3/h4-7,9-10,13H,8,11H2,1-2H3,(H,26,29);4-8,10,13H,9,11H2,1-3H3,(H,25,28);4-7,9-10,13H,8,11H2,1-3H3,(H,25,28);4-8,10,13H,9,11H2,1-3H3,(H,25,28)/t4*13-/m0000/s1. The summed E-state index contributed by atoms with van der Waals surface area (Å²) in [5, 5.41) is 27.3. The molecule has 4 aromatic heterocycles. The minimum Gasteiger partial charge on any atom is -0.497 e. The van der Waals surface area contributed by atoms with Crippen LogP contribution in [0, 0.1) is 80.8 Å². The number of benzene rings is 8. The molecule has 0 fully saturated rings. The summed E-state index contributed by atoms with van der Waals surface area (Å²) in [4.78, 5) is 61.5. The van der Waals surface area contributed by atoms with Gasteiger partial charge in [0, 0.05) is 136 Å². The minimum atomic E-state index is -1.01. The molecule has 4 aliphatic heterocycles. The van der Waals surface area contributed by atoms with Gasteiger partial charge in [-0.15, -0.1) is 0 Å². The summed E-state index contributed by atoms with van der Waals surface area (Å²) in [5.41, 5.74) is 11.2. The first-order valence-corrected chi connectivity index (χ1v) is 37.9. The van der Waals surface area contributed by atoms with Gasteiger partial charge >= 0.3 is 24.1 Å². The van der Waals surface area contributed by atoms with Crippen molar-refractivity contribution in [3.63, 3.8) is 0 Å². The molecule has 4 atom stereocenters. The molecule has 4 N–H and O–H groups in total. The van der Waals surface area contributed by atoms with Gasteiger partial charge in [-0.25, -0.2) is 59.1 Å². The lowest BCUT2D eigenvalue weighted by Crippen LogP contribution is -2.44. The predicted octanol–water partition coefficient (Wildman–Crippen LogP) is 20.2. The van der Waals surface area contributed by atoms with Crippen molar-refractivity contribution in [1.82, 2.24) is 40.2 Å². The number of carbonyl (C=O) groups is 4. The third-order valence-corrected chi connectivity index (χ3v) is 21.0. The fraction of sp³-hybridized carbons (Fsp3) is 0.261. The zero-order chi connectivity index (χ0) is 85.7. The van der Waals surface area contributed by atoms with Gasteiger partial charge in [0.15, 0.2) is 75.3 Å². The summed E-state index contributed by atoms with van der Waals surface area (Å²) >= 11 is 0. The van der Waals surface area contributed by atoms with Gasteiger partial charge in [0.25, 0.3) is 0 Å². The molecule has 8 aromatic carbocycles. The normalized spacial score (nSPS) is 15.6. The van der Waals surface area contributed by atoms with E-state index in [1.807, 2.05) is 107 Å². The first-order valence-electron chi connectivity index (χ1n) is 37.9. The van der Waals surface area contributed by atoms with E-state index < -0.39 is 70.7 Å². The predicted molar refractivity (Wildman–Crippen MR) is 429 cm³/mol. The highest BCUT2D eigenvalue weighted by atomic mass is 19.2. The molecule has 0 aliphatic carbocycles. The summed E-state index contributed by atoms with van der Waals surface area (Å²) < 4.78 is 147. The van der Waals surface area contributed by atoms with Crippen molar-refractivity contribution in [2.45, 2.75) is 131 Å². The number of ether oxygens (including phenoxy) is 3. The average molecular weight is 1650 g/mol. The van der Waals surface area contributed by atoms with Crippen LogP contribution in [-0.2, 0) is 51.9 Å². The van der Waals surface area contributed by atoms with E-state index in [1.54, 1.807) is 59.1 Å². The van der Waals surface area contributed by atoms with Crippen LogP contribution in [0.5, 0.6) is 17.2 Å². The van der Waals surface area contributed by atoms with Crippen LogP contribution >= 0.6 is 0 Å². The van der Waals surface area contributed by atoms with Crippen LogP contribution in [-0.4, -0.2) is 110 Å². The molecule has 12 aromatic rings. The van der Waals surface area contributed by atoms with Gasteiger partial charge in [-0.3, -0.25) is 0 Å². The number of methoxy groups -OCH3 is 3. The number of nitrogens with one attached hydrogen (secondary N) is 4. The molecule has 620 valence electrons. The molecular formula is C88H81F8N13O11. The molecule has 120 heavy (non-hydrogen) atoms. The van der Waals surface area contributed by atoms with Crippen LogP contribution in [0.25, 0.3) is 50.1 Å². The van der Waals surface area contributed by atoms with E-state index in [-0.39, 0.29) is 95.3 Å². The molecule has 8 amide bonds. The van der Waals surface area contributed by atoms with Crippen LogP contribution in [0.1, 0.15) is 95.0 Å². The maximum atomic E-state index is 13.7. The Kier molecular flexibility index (Phi) is 25.1. The number of para-hydroxylation sites is 1. The third kappa shape index (κ3) is 18.1. The van der Waals surface area contributed by atoms with E-state index in [1.165, 1.54) is 52.0 Å². The van der Waals surface area contributed by atoms with Crippen LogP contribution in [0.15, 0.2) is 164 Å². The second-order valence-electron chi connectivity index (χ2n) is 29.4. The van der Waals surface area contributed by atoms with Gasteiger partial charge in [-0.2, -0.15) is 0 Å². The monoisotopic (exact) mass is 1650 g/mol. The van der Waals surface area contributed by atoms with Crippen LogP contribution in [0.4, 0.5) is 82.7 Å². The van der Waals surface area contributed by atoms with Crippen LogP contribution in [0.3, 0.4) is 0 Å². The maximum Gasteiger partial charge on any atom is 0.322 e. The zero-order valence-corrected chi connectivity index (χ0v) is 66.9. The van der Waals surface area contributed by atoms with Gasteiger partial charge in [0.2, 0.25) is 0 Å². The number of hydrogen-bond acceptors (Lipinski definition) is 15. The molecule has 32 heteroatoms. The molecule has 0 radical (unpaired) electrons. The number of aryl methyl sites for hydroxylation is 4. The molecular weight excluding hydrogens is 1570 g/mol. The lowest BCUT2D eigenvalue weighted by molar-refractivity contribution is 0.181.